The van der Waals surface area contributed by atoms with E-state index in [0.29, 0.717) is 0 Å². The maximum Gasteiger partial charge on any atom is 0.375 e. The third-order valence-electron chi connectivity index (χ3n) is 0.986. The summed E-state index contributed by atoms with van der Waals surface area (Å²) in [5, 5.41) is 8.43. The van der Waals surface area contributed by atoms with E-state index in [0.717, 1.165) is 6.92 Å². The molecule has 12 heavy (non-hydrogen) atoms. The van der Waals surface area contributed by atoms with E-state index in [-0.39, 0.29) is 6.61 Å². The first-order valence-electron chi connectivity index (χ1n) is 3.27. The number of esters is 1. The number of halogens is 1. The summed E-state index contributed by atoms with van der Waals surface area (Å²) in [5.74, 6) is -2.41. The summed E-state index contributed by atoms with van der Waals surface area (Å²) >= 11 is 5.28. The molecular weight excluding hydrogens is 184 g/mol. The molecule has 5 heteroatoms. The standard InChI is InChI=1S/C7H9ClO4/c1-3-12-7(11)6(10)5(8)4(2)9/h10H,3H2,1-2H3. The molecule has 0 aliphatic rings. The minimum Gasteiger partial charge on any atom is -0.501 e. The second-order valence-electron chi connectivity index (χ2n) is 1.94. The van der Waals surface area contributed by atoms with Crippen LogP contribution in [0.25, 0.3) is 0 Å². The van der Waals surface area contributed by atoms with Crippen LogP contribution in [0.5, 0.6) is 0 Å². The number of rotatable bonds is 3. The van der Waals surface area contributed by atoms with Crippen LogP contribution in [0.4, 0.5) is 0 Å². The minimum absolute atomic E-state index is 0.116. The number of hydrogen-bond acceptors (Lipinski definition) is 4. The zero-order valence-electron chi connectivity index (χ0n) is 6.76. The van der Waals surface area contributed by atoms with Gasteiger partial charge in [0.1, 0.15) is 5.03 Å². The lowest BCUT2D eigenvalue weighted by atomic mass is 10.3. The van der Waals surface area contributed by atoms with Gasteiger partial charge in [-0.2, -0.15) is 0 Å². The molecule has 0 aliphatic heterocycles. The predicted molar refractivity (Wildman–Crippen MR) is 42.8 cm³/mol. The van der Waals surface area contributed by atoms with Crippen molar-refractivity contribution in [3.63, 3.8) is 0 Å². The summed E-state index contributed by atoms with van der Waals surface area (Å²) in [7, 11) is 0. The van der Waals surface area contributed by atoms with Gasteiger partial charge in [-0.15, -0.1) is 0 Å². The van der Waals surface area contributed by atoms with E-state index < -0.39 is 22.5 Å². The van der Waals surface area contributed by atoms with E-state index in [1.807, 2.05) is 0 Å². The average molecular weight is 193 g/mol. The molecule has 0 aliphatic carbocycles. The summed E-state index contributed by atoms with van der Waals surface area (Å²) in [6.45, 7) is 2.83. The zero-order valence-corrected chi connectivity index (χ0v) is 7.51. The van der Waals surface area contributed by atoms with Crippen LogP contribution in [0.15, 0.2) is 10.8 Å². The topological polar surface area (TPSA) is 63.6 Å². The highest BCUT2D eigenvalue weighted by atomic mass is 35.5. The van der Waals surface area contributed by atoms with Crippen molar-refractivity contribution in [2.45, 2.75) is 13.8 Å². The highest BCUT2D eigenvalue weighted by Crippen LogP contribution is 2.09. The van der Waals surface area contributed by atoms with Crippen molar-refractivity contribution in [1.82, 2.24) is 0 Å². The third-order valence-corrected chi connectivity index (χ3v) is 1.43. The Hall–Kier alpha value is -1.03. The lowest BCUT2D eigenvalue weighted by molar-refractivity contribution is -0.141. The molecule has 4 nitrogen and oxygen atoms in total. The second kappa shape index (κ2) is 4.77. The summed E-state index contributed by atoms with van der Waals surface area (Å²) in [4.78, 5) is 21.3. The number of carbonyl (C=O) groups is 2. The van der Waals surface area contributed by atoms with Crippen molar-refractivity contribution in [3.05, 3.63) is 10.8 Å². The van der Waals surface area contributed by atoms with Crippen LogP contribution < -0.4 is 0 Å². The van der Waals surface area contributed by atoms with E-state index in [9.17, 15) is 9.59 Å². The Labute approximate surface area is 74.8 Å². The lowest BCUT2D eigenvalue weighted by Gasteiger charge is -2.00. The van der Waals surface area contributed by atoms with Gasteiger partial charge in [0.05, 0.1) is 6.61 Å². The third kappa shape index (κ3) is 2.92. The molecule has 0 saturated carbocycles. The van der Waals surface area contributed by atoms with Crippen LogP contribution in [0.2, 0.25) is 0 Å². The largest absolute Gasteiger partial charge is 0.501 e. The van der Waals surface area contributed by atoms with E-state index in [2.05, 4.69) is 4.74 Å². The Morgan fingerprint density at radius 1 is 1.50 bits per heavy atom. The predicted octanol–water partition coefficient (Wildman–Crippen LogP) is 1.15. The monoisotopic (exact) mass is 192 g/mol. The molecule has 0 fully saturated rings. The average Bonchev–Trinajstić information content (AvgIpc) is 2.02. The second-order valence-corrected chi connectivity index (χ2v) is 2.32. The maximum atomic E-state index is 10.7. The number of carbonyl (C=O) groups excluding carboxylic acids is 2. The van der Waals surface area contributed by atoms with E-state index in [4.69, 9.17) is 16.7 Å². The summed E-state index contributed by atoms with van der Waals surface area (Å²) < 4.78 is 4.39. The van der Waals surface area contributed by atoms with Crippen molar-refractivity contribution in [2.75, 3.05) is 6.61 Å². The van der Waals surface area contributed by atoms with Gasteiger partial charge in [0.2, 0.25) is 5.76 Å². The van der Waals surface area contributed by atoms with Gasteiger partial charge in [-0.25, -0.2) is 4.79 Å². The molecule has 0 spiro atoms. The van der Waals surface area contributed by atoms with E-state index >= 15 is 0 Å². The van der Waals surface area contributed by atoms with Gasteiger partial charge in [-0.1, -0.05) is 11.6 Å². The number of aliphatic hydroxyl groups is 1. The smallest absolute Gasteiger partial charge is 0.375 e. The van der Waals surface area contributed by atoms with Crippen LogP contribution in [-0.2, 0) is 14.3 Å². The van der Waals surface area contributed by atoms with E-state index in [1.54, 1.807) is 6.92 Å². The van der Waals surface area contributed by atoms with Gasteiger partial charge in [-0.05, 0) is 6.92 Å². The van der Waals surface area contributed by atoms with E-state index in [1.165, 1.54) is 0 Å². The molecule has 0 atom stereocenters. The molecule has 0 heterocycles. The molecule has 0 rings (SSSR count). The Kier molecular flexibility index (Phi) is 4.36. The van der Waals surface area contributed by atoms with Crippen molar-refractivity contribution in [3.8, 4) is 0 Å². The number of hydrogen-bond donors (Lipinski definition) is 1. The fourth-order valence-corrected chi connectivity index (χ4v) is 0.533. The molecule has 0 unspecified atom stereocenters. The van der Waals surface area contributed by atoms with Crippen molar-refractivity contribution >= 4 is 23.4 Å². The molecule has 1 N–H and O–H groups in total. The normalized spacial score (nSPS) is 11.9. The molecular formula is C7H9ClO4. The quantitative estimate of drug-likeness (QED) is 0.414. The first-order valence-corrected chi connectivity index (χ1v) is 3.65. The fraction of sp³-hybridized carbons (Fsp3) is 0.429. The Balaban J connectivity index is 4.55. The number of ketones is 1. The van der Waals surface area contributed by atoms with Gasteiger partial charge in [0.15, 0.2) is 5.78 Å². The molecule has 0 aromatic rings. The van der Waals surface area contributed by atoms with Crippen LogP contribution in [0.1, 0.15) is 13.8 Å². The number of allylic oxidation sites excluding steroid dienone is 1. The number of ether oxygens (including phenoxy) is 1. The summed E-state index contributed by atoms with van der Waals surface area (Å²) in [6.07, 6.45) is 0. The van der Waals surface area contributed by atoms with Gasteiger partial charge < -0.3 is 9.84 Å². The molecule has 0 bridgehead atoms. The highest BCUT2D eigenvalue weighted by Gasteiger charge is 2.16. The van der Waals surface area contributed by atoms with Crippen molar-refractivity contribution in [2.24, 2.45) is 0 Å². The van der Waals surface area contributed by atoms with Crippen LogP contribution in [0.3, 0.4) is 0 Å². The van der Waals surface area contributed by atoms with Crippen LogP contribution in [0, 0.1) is 0 Å². The van der Waals surface area contributed by atoms with Crippen molar-refractivity contribution < 1.29 is 19.4 Å². The highest BCUT2D eigenvalue weighted by molar-refractivity contribution is 6.43. The molecule has 0 aromatic carbocycles. The maximum absolute atomic E-state index is 10.7. The first kappa shape index (κ1) is 11.0. The summed E-state index contributed by atoms with van der Waals surface area (Å²) in [5.41, 5.74) is 0. The van der Waals surface area contributed by atoms with Gasteiger partial charge in [0, 0.05) is 6.92 Å². The molecule has 0 saturated heterocycles. The summed E-state index contributed by atoms with van der Waals surface area (Å²) in [6, 6.07) is 0. The minimum atomic E-state index is -0.988. The molecule has 0 amide bonds. The van der Waals surface area contributed by atoms with Gasteiger partial charge >= 0.3 is 5.97 Å². The number of Topliss-reactive ketones (excluding diaryl/α,β-unsaturated/α-hetero) is 1. The zero-order chi connectivity index (χ0) is 9.72. The number of aliphatic hydroxyl groups excluding tert-OH is 1. The molecule has 0 aromatic heterocycles. The Bertz CT molecular complexity index is 232. The lowest BCUT2D eigenvalue weighted by Crippen LogP contribution is -2.10. The van der Waals surface area contributed by atoms with Gasteiger partial charge in [-0.3, -0.25) is 4.79 Å². The van der Waals surface area contributed by atoms with Crippen LogP contribution in [-0.4, -0.2) is 23.5 Å². The Morgan fingerprint density at radius 2 is 2.00 bits per heavy atom. The SMILES string of the molecule is CCOC(=O)C(O)=C(Cl)C(C)=O. The Morgan fingerprint density at radius 3 is 2.33 bits per heavy atom. The first-order chi connectivity index (χ1) is 5.50. The van der Waals surface area contributed by atoms with Crippen LogP contribution >= 0.6 is 11.6 Å². The van der Waals surface area contributed by atoms with Gasteiger partial charge in [0.25, 0.3) is 0 Å². The fourth-order valence-electron chi connectivity index (χ4n) is 0.456. The van der Waals surface area contributed by atoms with Crippen molar-refractivity contribution in [1.29, 1.82) is 0 Å². The molecule has 0 radical (unpaired) electrons. The molecule has 68 valence electrons.